The molecule has 7 heteroatoms. The topological polar surface area (TPSA) is 84.7 Å². The lowest BCUT2D eigenvalue weighted by Crippen LogP contribution is -2.43. The van der Waals surface area contributed by atoms with E-state index in [0.717, 1.165) is 54.3 Å². The average Bonchev–Trinajstić information content (AvgIpc) is 2.83. The van der Waals surface area contributed by atoms with Crippen molar-refractivity contribution in [3.05, 3.63) is 34.4 Å². The maximum Gasteiger partial charge on any atom is 0.251 e. The van der Waals surface area contributed by atoms with Crippen LogP contribution in [0.4, 0.5) is 0 Å². The lowest BCUT2D eigenvalue weighted by molar-refractivity contribution is -0.121. The van der Waals surface area contributed by atoms with Crippen molar-refractivity contribution in [1.29, 1.82) is 0 Å². The maximum absolute atomic E-state index is 12.4. The molecular weight excluding hydrogens is 316 g/mol. The molecule has 0 spiro atoms. The van der Waals surface area contributed by atoms with E-state index in [9.17, 15) is 4.79 Å². The van der Waals surface area contributed by atoms with Crippen molar-refractivity contribution in [3.8, 4) is 5.95 Å². The highest BCUT2D eigenvalue weighted by Gasteiger charge is 2.20. The number of hydrogen-bond acceptors (Lipinski definition) is 5. The summed E-state index contributed by atoms with van der Waals surface area (Å²) in [5.74, 6) is 0.613. The van der Waals surface area contributed by atoms with Gasteiger partial charge in [-0.3, -0.25) is 4.79 Å². The highest BCUT2D eigenvalue weighted by molar-refractivity contribution is 5.79. The minimum absolute atomic E-state index is 0.0546. The predicted octanol–water partition coefficient (Wildman–Crippen LogP) is 1.31. The van der Waals surface area contributed by atoms with Crippen LogP contribution in [0.3, 0.4) is 0 Å². The number of nitrogens with one attached hydrogen (secondary N) is 2. The van der Waals surface area contributed by atoms with Gasteiger partial charge in [0.25, 0.3) is 5.95 Å². The van der Waals surface area contributed by atoms with Crippen LogP contribution in [-0.2, 0) is 11.2 Å². The van der Waals surface area contributed by atoms with E-state index in [1.165, 1.54) is 0 Å². The summed E-state index contributed by atoms with van der Waals surface area (Å²) in [7, 11) is 0. The molecule has 2 aromatic heterocycles. The molecule has 0 radical (unpaired) electrons. The van der Waals surface area contributed by atoms with E-state index in [-0.39, 0.29) is 11.9 Å². The van der Waals surface area contributed by atoms with Gasteiger partial charge in [-0.05, 0) is 59.7 Å². The number of carbonyl (C=O) groups excluding carboxylic acids is 1. The Kier molecular flexibility index (Phi) is 5.13. The number of piperidine rings is 1. The molecule has 1 saturated heterocycles. The Morgan fingerprint density at radius 2 is 1.84 bits per heavy atom. The third kappa shape index (κ3) is 4.04. The fraction of sp³-hybridized carbons (Fsp3) is 0.556. The highest BCUT2D eigenvalue weighted by Crippen LogP contribution is 2.17. The Hall–Kier alpha value is -2.28. The summed E-state index contributed by atoms with van der Waals surface area (Å²) in [5.41, 5.74) is 4.53. The second-order valence-corrected chi connectivity index (χ2v) is 6.78. The van der Waals surface area contributed by atoms with Crippen molar-refractivity contribution in [3.63, 3.8) is 0 Å². The van der Waals surface area contributed by atoms with E-state index >= 15 is 0 Å². The van der Waals surface area contributed by atoms with Crippen LogP contribution in [-0.4, -0.2) is 44.8 Å². The maximum atomic E-state index is 12.4. The Balaban J connectivity index is 1.78. The van der Waals surface area contributed by atoms with Gasteiger partial charge in [-0.1, -0.05) is 0 Å². The number of nitrogens with zero attached hydrogens (tertiary/aromatic N) is 4. The molecule has 0 atom stereocenters. The summed E-state index contributed by atoms with van der Waals surface area (Å²) >= 11 is 0. The predicted molar refractivity (Wildman–Crippen MR) is 95.8 cm³/mol. The number of amides is 1. The molecule has 0 unspecified atom stereocenters. The van der Waals surface area contributed by atoms with Crippen molar-refractivity contribution < 1.29 is 4.79 Å². The number of rotatable bonds is 4. The normalized spacial score (nSPS) is 15.4. The first-order valence-corrected chi connectivity index (χ1v) is 8.82. The zero-order chi connectivity index (χ0) is 18.0. The average molecular weight is 342 g/mol. The first-order valence-electron chi connectivity index (χ1n) is 8.82. The van der Waals surface area contributed by atoms with E-state index in [1.807, 2.05) is 33.8 Å². The molecule has 3 heterocycles. The first kappa shape index (κ1) is 17.5. The van der Waals surface area contributed by atoms with Gasteiger partial charge in [0.15, 0.2) is 0 Å². The summed E-state index contributed by atoms with van der Waals surface area (Å²) in [5, 5.41) is 11.0. The van der Waals surface area contributed by atoms with Gasteiger partial charge >= 0.3 is 0 Å². The second kappa shape index (κ2) is 7.31. The van der Waals surface area contributed by atoms with Gasteiger partial charge < -0.3 is 10.6 Å². The first-order chi connectivity index (χ1) is 11.9. The zero-order valence-electron chi connectivity index (χ0n) is 15.4. The quantitative estimate of drug-likeness (QED) is 0.875. The molecule has 0 saturated carbocycles. The van der Waals surface area contributed by atoms with E-state index < -0.39 is 0 Å². The Morgan fingerprint density at radius 3 is 2.48 bits per heavy atom. The van der Waals surface area contributed by atoms with E-state index in [4.69, 9.17) is 0 Å². The summed E-state index contributed by atoms with van der Waals surface area (Å²) in [6.45, 7) is 9.71. The molecule has 1 amide bonds. The van der Waals surface area contributed by atoms with Crippen LogP contribution in [0.1, 0.15) is 41.2 Å². The van der Waals surface area contributed by atoms with Crippen molar-refractivity contribution >= 4 is 5.91 Å². The SMILES string of the molecule is Cc1cc(C)nc(-n2nc(C)c(CC(=O)NC3CCNCC3)c2C)n1. The Labute approximate surface area is 148 Å². The molecule has 0 aliphatic carbocycles. The molecule has 134 valence electrons. The van der Waals surface area contributed by atoms with E-state index in [0.29, 0.717) is 12.4 Å². The van der Waals surface area contributed by atoms with Gasteiger partial charge in [0, 0.05) is 28.7 Å². The van der Waals surface area contributed by atoms with Crippen LogP contribution in [0.2, 0.25) is 0 Å². The molecule has 1 fully saturated rings. The molecule has 1 aliphatic heterocycles. The third-order valence-electron chi connectivity index (χ3n) is 4.64. The van der Waals surface area contributed by atoms with Gasteiger partial charge in [0.1, 0.15) is 0 Å². The van der Waals surface area contributed by atoms with Crippen LogP contribution in [0.25, 0.3) is 5.95 Å². The second-order valence-electron chi connectivity index (χ2n) is 6.78. The lowest BCUT2D eigenvalue weighted by Gasteiger charge is -2.23. The summed E-state index contributed by atoms with van der Waals surface area (Å²) in [4.78, 5) is 21.4. The van der Waals surface area contributed by atoms with Crippen molar-refractivity contribution in [1.82, 2.24) is 30.4 Å². The molecule has 0 aromatic carbocycles. The van der Waals surface area contributed by atoms with Gasteiger partial charge in [-0.2, -0.15) is 5.10 Å². The summed E-state index contributed by atoms with van der Waals surface area (Å²) < 4.78 is 1.74. The van der Waals surface area contributed by atoms with Gasteiger partial charge in [-0.25, -0.2) is 14.6 Å². The van der Waals surface area contributed by atoms with Crippen LogP contribution in [0.5, 0.6) is 0 Å². The van der Waals surface area contributed by atoms with Crippen LogP contribution in [0, 0.1) is 27.7 Å². The van der Waals surface area contributed by atoms with Crippen molar-refractivity contribution in [2.75, 3.05) is 13.1 Å². The van der Waals surface area contributed by atoms with Crippen LogP contribution < -0.4 is 10.6 Å². The van der Waals surface area contributed by atoms with E-state index in [2.05, 4.69) is 25.7 Å². The van der Waals surface area contributed by atoms with Crippen molar-refractivity contribution in [2.45, 2.75) is 53.0 Å². The fourth-order valence-electron chi connectivity index (χ4n) is 3.33. The molecule has 25 heavy (non-hydrogen) atoms. The van der Waals surface area contributed by atoms with Crippen molar-refractivity contribution in [2.24, 2.45) is 0 Å². The van der Waals surface area contributed by atoms with Crippen LogP contribution in [0.15, 0.2) is 6.07 Å². The monoisotopic (exact) mass is 342 g/mol. The largest absolute Gasteiger partial charge is 0.353 e. The minimum Gasteiger partial charge on any atom is -0.353 e. The number of hydrogen-bond donors (Lipinski definition) is 2. The molecule has 0 bridgehead atoms. The molecular formula is C18H26N6O. The minimum atomic E-state index is 0.0546. The molecule has 2 N–H and O–H groups in total. The molecule has 3 rings (SSSR count). The highest BCUT2D eigenvalue weighted by atomic mass is 16.1. The zero-order valence-corrected chi connectivity index (χ0v) is 15.4. The van der Waals surface area contributed by atoms with Gasteiger partial charge in [0.2, 0.25) is 5.91 Å². The number of aromatic nitrogens is 4. The summed E-state index contributed by atoms with van der Waals surface area (Å²) in [6.07, 6.45) is 2.31. The Morgan fingerprint density at radius 1 is 1.20 bits per heavy atom. The third-order valence-corrected chi connectivity index (χ3v) is 4.64. The molecule has 2 aromatic rings. The fourth-order valence-corrected chi connectivity index (χ4v) is 3.33. The van der Waals surface area contributed by atoms with E-state index in [1.54, 1.807) is 4.68 Å². The lowest BCUT2D eigenvalue weighted by atomic mass is 10.1. The van der Waals surface area contributed by atoms with Crippen LogP contribution >= 0.6 is 0 Å². The standard InChI is InChI=1S/C18H26N6O/c1-11-9-12(2)21-18(20-11)24-14(4)16(13(3)23-24)10-17(25)22-15-5-7-19-8-6-15/h9,15,19H,5-8,10H2,1-4H3,(H,22,25). The molecule has 7 nitrogen and oxygen atoms in total. The van der Waals surface area contributed by atoms with Gasteiger partial charge in [0.05, 0.1) is 12.1 Å². The Bertz CT molecular complexity index is 756. The number of carbonyl (C=O) groups is 1. The van der Waals surface area contributed by atoms with Gasteiger partial charge in [-0.15, -0.1) is 0 Å². The number of aryl methyl sites for hydroxylation is 3. The molecule has 1 aliphatic rings. The summed E-state index contributed by atoms with van der Waals surface area (Å²) in [6, 6.07) is 2.20. The smallest absolute Gasteiger partial charge is 0.251 e.